The van der Waals surface area contributed by atoms with Crippen molar-refractivity contribution in [1.29, 1.82) is 5.26 Å². The monoisotopic (exact) mass is 201 g/mol. The third kappa shape index (κ3) is 2.13. The van der Waals surface area contributed by atoms with E-state index >= 15 is 0 Å². The third-order valence-corrected chi connectivity index (χ3v) is 2.55. The zero-order chi connectivity index (χ0) is 10.8. The van der Waals surface area contributed by atoms with Gasteiger partial charge in [-0.1, -0.05) is 6.92 Å². The first-order chi connectivity index (χ1) is 7.20. The third-order valence-electron chi connectivity index (χ3n) is 2.55. The number of aromatic nitrogens is 1. The van der Waals surface area contributed by atoms with Crippen LogP contribution in [0.5, 0.6) is 0 Å². The van der Waals surface area contributed by atoms with E-state index < -0.39 is 0 Å². The number of nitrogens with one attached hydrogen (secondary N) is 1. The Morgan fingerprint density at radius 1 is 1.67 bits per heavy atom. The Hall–Kier alpha value is -1.89. The maximum Gasteiger partial charge on any atom is 0.270 e. The molecule has 1 amide bonds. The molecule has 0 aromatic carbocycles. The van der Waals surface area contributed by atoms with Gasteiger partial charge in [0.05, 0.1) is 5.56 Å². The second-order valence-corrected chi connectivity index (χ2v) is 3.84. The topological polar surface area (TPSA) is 65.8 Å². The van der Waals surface area contributed by atoms with E-state index in [1.165, 1.54) is 6.20 Å². The fourth-order valence-electron chi connectivity index (χ4n) is 1.36. The Kier molecular flexibility index (Phi) is 2.38. The number of nitrogens with zero attached hydrogens (tertiary/aromatic N) is 2. The summed E-state index contributed by atoms with van der Waals surface area (Å²) in [5.41, 5.74) is 0.833. The van der Waals surface area contributed by atoms with Crippen molar-refractivity contribution in [2.75, 3.05) is 0 Å². The minimum absolute atomic E-state index is 0.158. The summed E-state index contributed by atoms with van der Waals surface area (Å²) in [7, 11) is 0. The Labute approximate surface area is 87.9 Å². The van der Waals surface area contributed by atoms with Gasteiger partial charge in [-0.25, -0.2) is 4.98 Å². The molecule has 2 atom stereocenters. The van der Waals surface area contributed by atoms with Crippen LogP contribution in [0.25, 0.3) is 0 Å². The molecule has 1 aliphatic rings. The van der Waals surface area contributed by atoms with Crippen LogP contribution < -0.4 is 5.32 Å². The van der Waals surface area contributed by atoms with Crippen molar-refractivity contribution < 1.29 is 4.79 Å². The van der Waals surface area contributed by atoms with Gasteiger partial charge in [0.2, 0.25) is 0 Å². The summed E-state index contributed by atoms with van der Waals surface area (Å²) in [6, 6.07) is 5.43. The predicted molar refractivity (Wildman–Crippen MR) is 54.0 cm³/mol. The summed E-state index contributed by atoms with van der Waals surface area (Å²) >= 11 is 0. The highest BCUT2D eigenvalue weighted by Gasteiger charge is 2.34. The molecule has 1 N–H and O–H groups in total. The predicted octanol–water partition coefficient (Wildman–Crippen LogP) is 1.09. The minimum Gasteiger partial charge on any atom is -0.348 e. The second-order valence-electron chi connectivity index (χ2n) is 3.84. The van der Waals surface area contributed by atoms with E-state index in [-0.39, 0.29) is 5.91 Å². The van der Waals surface area contributed by atoms with Crippen molar-refractivity contribution in [2.45, 2.75) is 19.4 Å². The molecule has 0 saturated heterocycles. The smallest absolute Gasteiger partial charge is 0.270 e. The van der Waals surface area contributed by atoms with Gasteiger partial charge in [0.1, 0.15) is 11.8 Å². The van der Waals surface area contributed by atoms with E-state index in [1.54, 1.807) is 12.1 Å². The summed E-state index contributed by atoms with van der Waals surface area (Å²) in [6.07, 6.45) is 2.45. The summed E-state index contributed by atoms with van der Waals surface area (Å²) in [5, 5.41) is 11.4. The highest BCUT2D eigenvalue weighted by atomic mass is 16.2. The number of nitriles is 1. The number of pyridine rings is 1. The number of rotatable bonds is 2. The molecular formula is C11H11N3O. The summed E-state index contributed by atoms with van der Waals surface area (Å²) < 4.78 is 0. The van der Waals surface area contributed by atoms with E-state index in [9.17, 15) is 4.79 Å². The zero-order valence-electron chi connectivity index (χ0n) is 8.40. The van der Waals surface area contributed by atoms with E-state index in [0.29, 0.717) is 23.2 Å². The van der Waals surface area contributed by atoms with E-state index in [4.69, 9.17) is 5.26 Å². The first kappa shape index (κ1) is 9.66. The van der Waals surface area contributed by atoms with Crippen molar-refractivity contribution in [1.82, 2.24) is 10.3 Å². The molecule has 0 aliphatic heterocycles. The van der Waals surface area contributed by atoms with Gasteiger partial charge >= 0.3 is 0 Å². The molecule has 1 saturated carbocycles. The minimum atomic E-state index is -0.158. The van der Waals surface area contributed by atoms with Crippen molar-refractivity contribution in [3.05, 3.63) is 29.6 Å². The van der Waals surface area contributed by atoms with Gasteiger partial charge in [0.15, 0.2) is 0 Å². The lowest BCUT2D eigenvalue weighted by molar-refractivity contribution is 0.0944. The standard InChI is InChI=1S/C11H11N3O/c1-7-4-10(7)14-11(15)9-3-2-8(5-12)6-13-9/h2-3,6-7,10H,4H2,1H3,(H,14,15). The normalized spacial score (nSPS) is 22.9. The largest absolute Gasteiger partial charge is 0.348 e. The second kappa shape index (κ2) is 3.70. The van der Waals surface area contributed by atoms with Crippen LogP contribution in [-0.2, 0) is 0 Å². The van der Waals surface area contributed by atoms with Crippen molar-refractivity contribution in [2.24, 2.45) is 5.92 Å². The molecule has 0 spiro atoms. The van der Waals surface area contributed by atoms with Crippen LogP contribution in [0.3, 0.4) is 0 Å². The summed E-state index contributed by atoms with van der Waals surface area (Å²) in [6.45, 7) is 2.09. The fourth-order valence-corrected chi connectivity index (χ4v) is 1.36. The van der Waals surface area contributed by atoms with Crippen LogP contribution in [0.1, 0.15) is 29.4 Å². The first-order valence-electron chi connectivity index (χ1n) is 4.87. The van der Waals surface area contributed by atoms with Crippen molar-refractivity contribution >= 4 is 5.91 Å². The molecule has 1 aromatic heterocycles. The average Bonchev–Trinajstić information content (AvgIpc) is 2.94. The number of hydrogen-bond acceptors (Lipinski definition) is 3. The van der Waals surface area contributed by atoms with Gasteiger partial charge in [-0.05, 0) is 24.5 Å². The van der Waals surface area contributed by atoms with Gasteiger partial charge in [-0.15, -0.1) is 0 Å². The van der Waals surface area contributed by atoms with Crippen molar-refractivity contribution in [3.8, 4) is 6.07 Å². The highest BCUT2D eigenvalue weighted by molar-refractivity contribution is 5.92. The molecule has 0 radical (unpaired) electrons. The quantitative estimate of drug-likeness (QED) is 0.778. The molecular weight excluding hydrogens is 190 g/mol. The number of carbonyl (C=O) groups is 1. The lowest BCUT2D eigenvalue weighted by Gasteiger charge is -2.02. The average molecular weight is 201 g/mol. The zero-order valence-corrected chi connectivity index (χ0v) is 8.40. The lowest BCUT2D eigenvalue weighted by Crippen LogP contribution is -2.27. The molecule has 2 unspecified atom stereocenters. The molecule has 1 heterocycles. The van der Waals surface area contributed by atoms with E-state index in [2.05, 4.69) is 17.2 Å². The SMILES string of the molecule is CC1CC1NC(=O)c1ccc(C#N)cn1. The molecule has 4 nitrogen and oxygen atoms in total. The van der Waals surface area contributed by atoms with Crippen LogP contribution in [-0.4, -0.2) is 16.9 Å². The molecule has 76 valence electrons. The Morgan fingerprint density at radius 3 is 2.87 bits per heavy atom. The van der Waals surface area contributed by atoms with Crippen LogP contribution in [0.4, 0.5) is 0 Å². The maximum atomic E-state index is 11.6. The molecule has 4 heteroatoms. The number of hydrogen-bond donors (Lipinski definition) is 1. The summed E-state index contributed by atoms with van der Waals surface area (Å²) in [5.74, 6) is 0.418. The van der Waals surface area contributed by atoms with Gasteiger partial charge in [0, 0.05) is 12.2 Å². The van der Waals surface area contributed by atoms with Crippen LogP contribution >= 0.6 is 0 Å². The van der Waals surface area contributed by atoms with Gasteiger partial charge in [-0.2, -0.15) is 5.26 Å². The number of amides is 1. The maximum absolute atomic E-state index is 11.6. The van der Waals surface area contributed by atoms with Gasteiger partial charge in [0.25, 0.3) is 5.91 Å². The van der Waals surface area contributed by atoms with Gasteiger partial charge < -0.3 is 5.32 Å². The summed E-state index contributed by atoms with van der Waals surface area (Å²) in [4.78, 5) is 15.5. The highest BCUT2D eigenvalue weighted by Crippen LogP contribution is 2.29. The first-order valence-corrected chi connectivity index (χ1v) is 4.87. The molecule has 1 fully saturated rings. The van der Waals surface area contributed by atoms with Crippen molar-refractivity contribution in [3.63, 3.8) is 0 Å². The Balaban J connectivity index is 2.03. The Bertz CT molecular complexity index is 418. The van der Waals surface area contributed by atoms with Gasteiger partial charge in [-0.3, -0.25) is 4.79 Å². The van der Waals surface area contributed by atoms with Crippen LogP contribution in [0.15, 0.2) is 18.3 Å². The molecule has 0 bridgehead atoms. The Morgan fingerprint density at radius 2 is 2.40 bits per heavy atom. The molecule has 1 aliphatic carbocycles. The van der Waals surface area contributed by atoms with Crippen LogP contribution in [0.2, 0.25) is 0 Å². The molecule has 15 heavy (non-hydrogen) atoms. The lowest BCUT2D eigenvalue weighted by atomic mass is 10.2. The van der Waals surface area contributed by atoms with E-state index in [1.807, 2.05) is 6.07 Å². The number of carbonyl (C=O) groups excluding carboxylic acids is 1. The fraction of sp³-hybridized carbons (Fsp3) is 0.364. The van der Waals surface area contributed by atoms with Crippen LogP contribution in [0, 0.1) is 17.2 Å². The molecule has 1 aromatic rings. The van der Waals surface area contributed by atoms with E-state index in [0.717, 1.165) is 6.42 Å². The molecule has 2 rings (SSSR count).